The summed E-state index contributed by atoms with van der Waals surface area (Å²) in [6.07, 6.45) is 6.75. The summed E-state index contributed by atoms with van der Waals surface area (Å²) in [4.78, 5) is 4.80. The van der Waals surface area contributed by atoms with Gasteiger partial charge in [0.2, 0.25) is 0 Å². The number of aryl methyl sites for hydroxylation is 1. The highest BCUT2D eigenvalue weighted by Crippen LogP contribution is 2.32. The highest BCUT2D eigenvalue weighted by molar-refractivity contribution is 8.00. The number of unbranched alkanes of at least 4 members (excludes halogenated alkanes) is 1. The fourth-order valence-corrected chi connectivity index (χ4v) is 3.65. The number of nitrogens with zero attached hydrogens (tertiary/aromatic N) is 1. The monoisotopic (exact) mass is 363 g/mol. The van der Waals surface area contributed by atoms with Crippen molar-refractivity contribution in [3.05, 3.63) is 35.4 Å². The highest BCUT2D eigenvalue weighted by Gasteiger charge is 2.31. The maximum Gasteiger partial charge on any atom is 0.191 e. The third-order valence-electron chi connectivity index (χ3n) is 4.78. The first kappa shape index (κ1) is 20.1. The number of aliphatic imine (C=N–C) groups is 1. The zero-order valence-corrected chi connectivity index (χ0v) is 16.8. The number of thioether (sulfide) groups is 1. The highest BCUT2D eigenvalue weighted by atomic mass is 32.2. The second-order valence-electron chi connectivity index (χ2n) is 6.78. The van der Waals surface area contributed by atoms with Crippen molar-refractivity contribution in [2.24, 2.45) is 4.99 Å². The van der Waals surface area contributed by atoms with E-state index in [-0.39, 0.29) is 4.75 Å². The van der Waals surface area contributed by atoms with Gasteiger partial charge in [-0.15, -0.1) is 0 Å². The third kappa shape index (κ3) is 6.90. The van der Waals surface area contributed by atoms with E-state index in [1.54, 1.807) is 0 Å². The molecule has 1 aliphatic rings. The van der Waals surface area contributed by atoms with Crippen LogP contribution in [-0.4, -0.2) is 43.3 Å². The van der Waals surface area contributed by atoms with E-state index in [9.17, 15) is 0 Å². The lowest BCUT2D eigenvalue weighted by atomic mass is 9.99. The Morgan fingerprint density at radius 1 is 1.20 bits per heavy atom. The summed E-state index contributed by atoms with van der Waals surface area (Å²) in [5.74, 6) is 0.925. The second-order valence-corrected chi connectivity index (χ2v) is 8.06. The van der Waals surface area contributed by atoms with Crippen molar-refractivity contribution in [3.63, 3.8) is 0 Å². The molecule has 0 aliphatic carbocycles. The van der Waals surface area contributed by atoms with Gasteiger partial charge in [-0.1, -0.05) is 43.2 Å². The Morgan fingerprint density at radius 3 is 2.56 bits per heavy atom. The fraction of sp³-hybridized carbons (Fsp3) is 0.650. The lowest BCUT2D eigenvalue weighted by molar-refractivity contribution is 0.0783. The van der Waals surface area contributed by atoms with E-state index in [4.69, 9.17) is 9.73 Å². The average Bonchev–Trinajstić information content (AvgIpc) is 2.65. The van der Waals surface area contributed by atoms with Gasteiger partial charge in [0.25, 0.3) is 0 Å². The van der Waals surface area contributed by atoms with Crippen LogP contribution >= 0.6 is 11.8 Å². The molecule has 4 nitrogen and oxygen atoms in total. The first-order valence-electron chi connectivity index (χ1n) is 9.38. The molecule has 2 N–H and O–H groups in total. The molecule has 1 saturated heterocycles. The van der Waals surface area contributed by atoms with Crippen molar-refractivity contribution >= 4 is 17.7 Å². The van der Waals surface area contributed by atoms with Crippen LogP contribution in [0, 0.1) is 6.92 Å². The molecule has 1 aromatic carbocycles. The maximum atomic E-state index is 5.54. The minimum absolute atomic E-state index is 0.259. The largest absolute Gasteiger partial charge is 0.381 e. The van der Waals surface area contributed by atoms with Crippen molar-refractivity contribution in [2.45, 2.75) is 50.8 Å². The van der Waals surface area contributed by atoms with Crippen LogP contribution in [0.15, 0.2) is 29.3 Å². The van der Waals surface area contributed by atoms with Crippen molar-refractivity contribution in [1.82, 2.24) is 10.6 Å². The van der Waals surface area contributed by atoms with Crippen molar-refractivity contribution in [3.8, 4) is 0 Å². The van der Waals surface area contributed by atoms with E-state index in [2.05, 4.69) is 55.0 Å². The summed E-state index contributed by atoms with van der Waals surface area (Å²) in [6.45, 7) is 8.65. The molecule has 1 fully saturated rings. The van der Waals surface area contributed by atoms with Gasteiger partial charge in [0.1, 0.15) is 0 Å². The lowest BCUT2D eigenvalue weighted by Crippen LogP contribution is -2.48. The molecule has 0 radical (unpaired) electrons. The van der Waals surface area contributed by atoms with Crippen molar-refractivity contribution in [2.75, 3.05) is 32.6 Å². The summed E-state index contributed by atoms with van der Waals surface area (Å²) in [7, 11) is 0. The molecule has 0 bridgehead atoms. The molecule has 2 rings (SSSR count). The average molecular weight is 364 g/mol. The van der Waals surface area contributed by atoms with Gasteiger partial charge in [-0.25, -0.2) is 4.99 Å². The van der Waals surface area contributed by atoms with Gasteiger partial charge >= 0.3 is 0 Å². The number of guanidine groups is 1. The molecule has 5 heteroatoms. The summed E-state index contributed by atoms with van der Waals surface area (Å²) in [5, 5.41) is 7.07. The van der Waals surface area contributed by atoms with Crippen molar-refractivity contribution < 1.29 is 4.74 Å². The van der Waals surface area contributed by atoms with Gasteiger partial charge in [0, 0.05) is 31.1 Å². The summed E-state index contributed by atoms with van der Waals surface area (Å²) in [6, 6.07) is 8.61. The standard InChI is InChI=1S/C20H33N3OS/c1-4-5-12-21-19(22-15-18-8-6-17(2)7-9-18)23-16-20(25-3)10-13-24-14-11-20/h6-9H,4-5,10-16H2,1-3H3,(H2,21,22,23). The van der Waals surface area contributed by atoms with Gasteiger partial charge in [-0.3, -0.25) is 0 Å². The molecule has 1 aliphatic heterocycles. The second kappa shape index (κ2) is 10.7. The van der Waals surface area contributed by atoms with Crippen LogP contribution in [0.5, 0.6) is 0 Å². The number of hydrogen-bond donors (Lipinski definition) is 2. The molecule has 140 valence electrons. The Labute approximate surface area is 157 Å². The molecular weight excluding hydrogens is 330 g/mol. The van der Waals surface area contributed by atoms with E-state index in [1.807, 2.05) is 11.8 Å². The van der Waals surface area contributed by atoms with E-state index < -0.39 is 0 Å². The van der Waals surface area contributed by atoms with E-state index in [0.717, 1.165) is 51.5 Å². The SMILES string of the molecule is CCCCNC(=NCc1ccc(C)cc1)NCC1(SC)CCOCC1. The Balaban J connectivity index is 1.96. The molecule has 1 aromatic rings. The van der Waals surface area contributed by atoms with Crippen LogP contribution in [-0.2, 0) is 11.3 Å². The predicted molar refractivity (Wildman–Crippen MR) is 110 cm³/mol. The van der Waals surface area contributed by atoms with Crippen LogP contribution < -0.4 is 10.6 Å². The van der Waals surface area contributed by atoms with Gasteiger partial charge < -0.3 is 15.4 Å². The zero-order valence-electron chi connectivity index (χ0n) is 15.9. The molecule has 0 aromatic heterocycles. The van der Waals surface area contributed by atoms with Crippen LogP contribution in [0.1, 0.15) is 43.7 Å². The molecule has 25 heavy (non-hydrogen) atoms. The quantitative estimate of drug-likeness (QED) is 0.419. The number of ether oxygens (including phenoxy) is 1. The van der Waals surface area contributed by atoms with Gasteiger partial charge in [-0.05, 0) is 38.0 Å². The number of hydrogen-bond acceptors (Lipinski definition) is 3. The first-order valence-corrected chi connectivity index (χ1v) is 10.6. The Kier molecular flexibility index (Phi) is 8.62. The molecular formula is C20H33N3OS. The summed E-state index contributed by atoms with van der Waals surface area (Å²) in [5.41, 5.74) is 2.53. The minimum atomic E-state index is 0.259. The van der Waals surface area contributed by atoms with Crippen LogP contribution in [0.3, 0.4) is 0 Å². The maximum absolute atomic E-state index is 5.54. The number of rotatable bonds is 8. The normalized spacial score (nSPS) is 17.3. The lowest BCUT2D eigenvalue weighted by Gasteiger charge is -2.36. The van der Waals surface area contributed by atoms with E-state index in [1.165, 1.54) is 17.5 Å². The van der Waals surface area contributed by atoms with Crippen LogP contribution in [0.4, 0.5) is 0 Å². The fourth-order valence-electron chi connectivity index (χ4n) is 2.86. The van der Waals surface area contributed by atoms with Crippen LogP contribution in [0.25, 0.3) is 0 Å². The zero-order chi connectivity index (χ0) is 18.0. The molecule has 0 amide bonds. The van der Waals surface area contributed by atoms with Gasteiger partial charge in [0.05, 0.1) is 6.54 Å². The first-order chi connectivity index (χ1) is 12.2. The predicted octanol–water partition coefficient (Wildman–Crippen LogP) is 3.74. The van der Waals surface area contributed by atoms with E-state index >= 15 is 0 Å². The van der Waals surface area contributed by atoms with Gasteiger partial charge in [-0.2, -0.15) is 11.8 Å². The van der Waals surface area contributed by atoms with Crippen molar-refractivity contribution in [1.29, 1.82) is 0 Å². The summed E-state index contributed by atoms with van der Waals surface area (Å²) < 4.78 is 5.80. The molecule has 0 atom stereocenters. The number of nitrogens with one attached hydrogen (secondary N) is 2. The third-order valence-corrected chi connectivity index (χ3v) is 6.20. The Morgan fingerprint density at radius 2 is 1.92 bits per heavy atom. The smallest absolute Gasteiger partial charge is 0.191 e. The topological polar surface area (TPSA) is 45.7 Å². The summed E-state index contributed by atoms with van der Waals surface area (Å²) >= 11 is 1.95. The Bertz CT molecular complexity index is 524. The van der Waals surface area contributed by atoms with Crippen LogP contribution in [0.2, 0.25) is 0 Å². The molecule has 0 spiro atoms. The van der Waals surface area contributed by atoms with E-state index in [0.29, 0.717) is 6.54 Å². The minimum Gasteiger partial charge on any atom is -0.381 e. The molecule has 0 saturated carbocycles. The number of benzene rings is 1. The van der Waals surface area contributed by atoms with Gasteiger partial charge in [0.15, 0.2) is 5.96 Å². The molecule has 1 heterocycles. The Hall–Kier alpha value is -1.20. The molecule has 0 unspecified atom stereocenters.